The van der Waals surface area contributed by atoms with Crippen molar-refractivity contribution >= 4 is 17.5 Å². The highest BCUT2D eigenvalue weighted by Crippen LogP contribution is 2.25. The molecule has 0 amide bonds. The number of nitrogens with zero attached hydrogens (tertiary/aromatic N) is 2. The van der Waals surface area contributed by atoms with Gasteiger partial charge in [0.15, 0.2) is 0 Å². The smallest absolute Gasteiger partial charge is 0.222 e. The molecule has 2 rings (SSSR count). The van der Waals surface area contributed by atoms with Crippen molar-refractivity contribution in [2.75, 3.05) is 11.9 Å². The molecule has 88 valence electrons. The molecule has 0 bridgehead atoms. The van der Waals surface area contributed by atoms with Gasteiger partial charge in [-0.1, -0.05) is 24.4 Å². The number of anilines is 1. The van der Waals surface area contributed by atoms with Crippen molar-refractivity contribution in [2.24, 2.45) is 11.7 Å². The molecular formula is C11H17ClN4. The van der Waals surface area contributed by atoms with Gasteiger partial charge in [-0.25, -0.2) is 9.97 Å². The topological polar surface area (TPSA) is 63.8 Å². The molecule has 2 atom stereocenters. The number of nitrogens with one attached hydrogen (secondary N) is 1. The lowest BCUT2D eigenvalue weighted by molar-refractivity contribution is 0.331. The zero-order chi connectivity index (χ0) is 11.4. The number of hydrogen-bond donors (Lipinski definition) is 2. The van der Waals surface area contributed by atoms with Gasteiger partial charge in [0.2, 0.25) is 5.95 Å². The Morgan fingerprint density at radius 2 is 2.00 bits per heavy atom. The highest BCUT2D eigenvalue weighted by atomic mass is 35.5. The molecule has 0 spiro atoms. The minimum Gasteiger partial charge on any atom is -0.351 e. The second-order valence-electron chi connectivity index (χ2n) is 4.26. The van der Waals surface area contributed by atoms with E-state index >= 15 is 0 Å². The fourth-order valence-electron chi connectivity index (χ4n) is 2.23. The summed E-state index contributed by atoms with van der Waals surface area (Å²) in [5.74, 6) is 1.18. The molecule has 16 heavy (non-hydrogen) atoms. The van der Waals surface area contributed by atoms with Crippen LogP contribution in [0.1, 0.15) is 25.7 Å². The van der Waals surface area contributed by atoms with Gasteiger partial charge in [0.1, 0.15) is 0 Å². The zero-order valence-corrected chi connectivity index (χ0v) is 9.95. The van der Waals surface area contributed by atoms with Crippen molar-refractivity contribution in [1.82, 2.24) is 9.97 Å². The fraction of sp³-hybridized carbons (Fsp3) is 0.636. The predicted octanol–water partition coefficient (Wildman–Crippen LogP) is 2.06. The Hall–Kier alpha value is -0.870. The monoisotopic (exact) mass is 240 g/mol. The minimum atomic E-state index is 0.403. The second-order valence-corrected chi connectivity index (χ2v) is 4.69. The van der Waals surface area contributed by atoms with Crippen molar-refractivity contribution in [3.05, 3.63) is 17.4 Å². The Bertz CT molecular complexity index is 327. The van der Waals surface area contributed by atoms with Crippen LogP contribution in [0.15, 0.2) is 12.4 Å². The molecule has 1 fully saturated rings. The summed E-state index contributed by atoms with van der Waals surface area (Å²) in [5, 5.41) is 3.91. The summed E-state index contributed by atoms with van der Waals surface area (Å²) in [7, 11) is 0. The van der Waals surface area contributed by atoms with Crippen LogP contribution in [-0.4, -0.2) is 22.6 Å². The van der Waals surface area contributed by atoms with Gasteiger partial charge >= 0.3 is 0 Å². The van der Waals surface area contributed by atoms with Crippen molar-refractivity contribution in [2.45, 2.75) is 31.7 Å². The lowest BCUT2D eigenvalue weighted by Crippen LogP contribution is -2.37. The highest BCUT2D eigenvalue weighted by molar-refractivity contribution is 6.30. The average molecular weight is 241 g/mol. The number of hydrogen-bond acceptors (Lipinski definition) is 4. The van der Waals surface area contributed by atoms with Crippen LogP contribution in [-0.2, 0) is 0 Å². The Labute approximate surface area is 101 Å². The third kappa shape index (κ3) is 2.83. The van der Waals surface area contributed by atoms with E-state index in [1.807, 2.05) is 0 Å². The normalized spacial score (nSPS) is 25.4. The van der Waals surface area contributed by atoms with E-state index in [-0.39, 0.29) is 0 Å². The summed E-state index contributed by atoms with van der Waals surface area (Å²) >= 11 is 5.74. The Morgan fingerprint density at radius 3 is 2.69 bits per heavy atom. The molecule has 1 aromatic heterocycles. The van der Waals surface area contributed by atoms with Crippen molar-refractivity contribution < 1.29 is 0 Å². The maximum absolute atomic E-state index is 5.77. The molecule has 1 aliphatic carbocycles. The Kier molecular flexibility index (Phi) is 3.96. The van der Waals surface area contributed by atoms with E-state index in [4.69, 9.17) is 17.3 Å². The molecule has 3 N–H and O–H groups in total. The summed E-state index contributed by atoms with van der Waals surface area (Å²) in [4.78, 5) is 8.29. The number of nitrogens with two attached hydrogens (primary N) is 1. The van der Waals surface area contributed by atoms with E-state index in [0.29, 0.717) is 22.9 Å². The molecule has 0 saturated heterocycles. The van der Waals surface area contributed by atoms with Crippen LogP contribution in [0.2, 0.25) is 5.02 Å². The van der Waals surface area contributed by atoms with Gasteiger partial charge in [0.05, 0.1) is 17.4 Å². The summed E-state index contributed by atoms with van der Waals surface area (Å²) in [5.41, 5.74) is 5.77. The molecule has 1 aliphatic rings. The standard InChI is InChI=1S/C11H17ClN4/c12-9-6-14-11(15-7-9)16-10-4-2-1-3-8(10)5-13/h6-8,10H,1-5,13H2,(H,14,15,16). The van der Waals surface area contributed by atoms with Crippen molar-refractivity contribution in [3.8, 4) is 0 Å². The van der Waals surface area contributed by atoms with Gasteiger partial charge in [-0.15, -0.1) is 0 Å². The van der Waals surface area contributed by atoms with Gasteiger partial charge < -0.3 is 11.1 Å². The number of aromatic nitrogens is 2. The van der Waals surface area contributed by atoms with Crippen molar-refractivity contribution in [1.29, 1.82) is 0 Å². The molecule has 0 radical (unpaired) electrons. The number of halogens is 1. The maximum atomic E-state index is 5.77. The van der Waals surface area contributed by atoms with Crippen molar-refractivity contribution in [3.63, 3.8) is 0 Å². The first-order valence-corrected chi connectivity index (χ1v) is 6.11. The molecule has 2 unspecified atom stereocenters. The first-order valence-electron chi connectivity index (χ1n) is 5.73. The lowest BCUT2D eigenvalue weighted by atomic mass is 9.84. The minimum absolute atomic E-state index is 0.403. The van der Waals surface area contributed by atoms with Crippen LogP contribution in [0.4, 0.5) is 5.95 Å². The molecule has 1 saturated carbocycles. The van der Waals surface area contributed by atoms with Crippen LogP contribution in [0.3, 0.4) is 0 Å². The number of rotatable bonds is 3. The first kappa shape index (κ1) is 11.6. The highest BCUT2D eigenvalue weighted by Gasteiger charge is 2.24. The molecule has 0 aromatic carbocycles. The van der Waals surface area contributed by atoms with Crippen LogP contribution in [0, 0.1) is 5.92 Å². The van der Waals surface area contributed by atoms with E-state index < -0.39 is 0 Å². The van der Waals surface area contributed by atoms with Gasteiger partial charge in [0.25, 0.3) is 0 Å². The van der Waals surface area contributed by atoms with Crippen LogP contribution in [0.5, 0.6) is 0 Å². The summed E-state index contributed by atoms with van der Waals surface area (Å²) in [6, 6.07) is 0.403. The summed E-state index contributed by atoms with van der Waals surface area (Å²) < 4.78 is 0. The molecule has 4 nitrogen and oxygen atoms in total. The molecule has 0 aliphatic heterocycles. The van der Waals surface area contributed by atoms with E-state index in [1.165, 1.54) is 19.3 Å². The third-order valence-corrected chi connectivity index (χ3v) is 3.34. The Morgan fingerprint density at radius 1 is 1.31 bits per heavy atom. The first-order chi connectivity index (χ1) is 7.79. The fourth-order valence-corrected chi connectivity index (χ4v) is 2.33. The second kappa shape index (κ2) is 5.46. The maximum Gasteiger partial charge on any atom is 0.222 e. The molecule has 1 aromatic rings. The largest absolute Gasteiger partial charge is 0.351 e. The quantitative estimate of drug-likeness (QED) is 0.849. The Balaban J connectivity index is 1.99. The summed E-state index contributed by atoms with van der Waals surface area (Å²) in [6.45, 7) is 0.727. The van der Waals surface area contributed by atoms with E-state index in [9.17, 15) is 0 Å². The average Bonchev–Trinajstić information content (AvgIpc) is 2.33. The molecular weight excluding hydrogens is 224 g/mol. The van der Waals surface area contributed by atoms with E-state index in [2.05, 4.69) is 15.3 Å². The van der Waals surface area contributed by atoms with Crippen LogP contribution >= 0.6 is 11.6 Å². The van der Waals surface area contributed by atoms with E-state index in [1.54, 1.807) is 12.4 Å². The predicted molar refractivity (Wildman–Crippen MR) is 65.5 cm³/mol. The van der Waals surface area contributed by atoms with Gasteiger partial charge in [-0.2, -0.15) is 0 Å². The van der Waals surface area contributed by atoms with E-state index in [0.717, 1.165) is 13.0 Å². The summed E-state index contributed by atoms with van der Waals surface area (Å²) in [6.07, 6.45) is 8.09. The van der Waals surface area contributed by atoms with Crippen LogP contribution < -0.4 is 11.1 Å². The molecule has 5 heteroatoms. The van der Waals surface area contributed by atoms with Crippen LogP contribution in [0.25, 0.3) is 0 Å². The SMILES string of the molecule is NCC1CCCCC1Nc1ncc(Cl)cn1. The third-order valence-electron chi connectivity index (χ3n) is 3.15. The van der Waals surface area contributed by atoms with Gasteiger partial charge in [-0.3, -0.25) is 0 Å². The zero-order valence-electron chi connectivity index (χ0n) is 9.19. The lowest BCUT2D eigenvalue weighted by Gasteiger charge is -2.31. The van der Waals surface area contributed by atoms with Gasteiger partial charge in [0, 0.05) is 6.04 Å². The molecule has 1 heterocycles. The van der Waals surface area contributed by atoms with Gasteiger partial charge in [-0.05, 0) is 25.3 Å².